The lowest BCUT2D eigenvalue weighted by Gasteiger charge is -2.08. The molecule has 1 aromatic heterocycles. The first-order chi connectivity index (χ1) is 6.61. The van der Waals surface area contributed by atoms with Crippen molar-refractivity contribution in [3.05, 3.63) is 22.1 Å². The van der Waals surface area contributed by atoms with Gasteiger partial charge in [0.25, 0.3) is 11.6 Å². The molecule has 0 unspecified atom stereocenters. The average molecular weight is 197 g/mol. The molecular formula is C9H15N3O2. The van der Waals surface area contributed by atoms with Crippen LogP contribution in [0.5, 0.6) is 6.01 Å². The fraction of sp³-hybridized carbons (Fsp3) is 0.556. The van der Waals surface area contributed by atoms with Gasteiger partial charge >= 0.3 is 0 Å². The average Bonchev–Trinajstić information content (AvgIpc) is 2.14. The molecule has 1 N–H and O–H groups in total. The predicted molar refractivity (Wildman–Crippen MR) is 53.7 cm³/mol. The molecule has 0 spiro atoms. The Kier molecular flexibility index (Phi) is 3.64. The Balaban J connectivity index is 2.76. The molecule has 0 fully saturated rings. The maximum Gasteiger partial charge on any atom is 0.296 e. The van der Waals surface area contributed by atoms with Crippen molar-refractivity contribution in [3.8, 4) is 6.01 Å². The molecule has 0 radical (unpaired) electrons. The number of ether oxygens (including phenoxy) is 1. The Hall–Kier alpha value is -1.36. The van der Waals surface area contributed by atoms with Gasteiger partial charge in [-0.1, -0.05) is 0 Å². The highest BCUT2D eigenvalue weighted by molar-refractivity contribution is 5.06. The fourth-order valence-electron chi connectivity index (χ4n) is 1.05. The molecule has 14 heavy (non-hydrogen) atoms. The van der Waals surface area contributed by atoms with Gasteiger partial charge < -0.3 is 9.64 Å². The molecular weight excluding hydrogens is 182 g/mol. The summed E-state index contributed by atoms with van der Waals surface area (Å²) in [6.45, 7) is 0.861. The molecule has 0 atom stereocenters. The van der Waals surface area contributed by atoms with Crippen LogP contribution < -0.4 is 10.3 Å². The van der Waals surface area contributed by atoms with E-state index in [2.05, 4.69) is 9.97 Å². The second-order valence-corrected chi connectivity index (χ2v) is 3.30. The van der Waals surface area contributed by atoms with Gasteiger partial charge in [0, 0.05) is 19.0 Å². The number of rotatable bonds is 4. The second kappa shape index (κ2) is 4.76. The molecule has 0 aromatic carbocycles. The Morgan fingerprint density at radius 2 is 2.29 bits per heavy atom. The van der Waals surface area contributed by atoms with E-state index < -0.39 is 0 Å². The van der Waals surface area contributed by atoms with Crippen LogP contribution in [-0.2, 0) is 6.42 Å². The standard InChI is InChI=1S/C9H15N3O2/c1-12(2)5-4-7-6-8(13)11-9(10-7)14-3/h6H,4-5H2,1-3H3,(H,10,11,13). The number of hydrogen-bond donors (Lipinski definition) is 1. The van der Waals surface area contributed by atoms with Gasteiger partial charge in [-0.05, 0) is 14.1 Å². The van der Waals surface area contributed by atoms with Crippen molar-refractivity contribution < 1.29 is 4.74 Å². The van der Waals surface area contributed by atoms with Gasteiger partial charge in [0.15, 0.2) is 0 Å². The zero-order valence-electron chi connectivity index (χ0n) is 8.70. The van der Waals surface area contributed by atoms with Crippen molar-refractivity contribution in [2.45, 2.75) is 6.42 Å². The van der Waals surface area contributed by atoms with Crippen LogP contribution in [0.3, 0.4) is 0 Å². The van der Waals surface area contributed by atoms with Crippen LogP contribution >= 0.6 is 0 Å². The minimum absolute atomic E-state index is 0.175. The lowest BCUT2D eigenvalue weighted by molar-refractivity contribution is 0.373. The van der Waals surface area contributed by atoms with Gasteiger partial charge in [0.05, 0.1) is 12.8 Å². The topological polar surface area (TPSA) is 58.2 Å². The molecule has 5 nitrogen and oxygen atoms in total. The Morgan fingerprint density at radius 1 is 1.57 bits per heavy atom. The van der Waals surface area contributed by atoms with Crippen LogP contribution in [0.2, 0.25) is 0 Å². The van der Waals surface area contributed by atoms with Gasteiger partial charge in [-0.2, -0.15) is 0 Å². The van der Waals surface area contributed by atoms with E-state index in [0.29, 0.717) is 0 Å². The van der Waals surface area contributed by atoms with Crippen LogP contribution in [-0.4, -0.2) is 42.6 Å². The van der Waals surface area contributed by atoms with Crippen molar-refractivity contribution in [2.75, 3.05) is 27.7 Å². The highest BCUT2D eigenvalue weighted by atomic mass is 16.5. The van der Waals surface area contributed by atoms with Gasteiger partial charge in [-0.3, -0.25) is 9.78 Å². The van der Waals surface area contributed by atoms with Gasteiger partial charge in [-0.15, -0.1) is 0 Å². The van der Waals surface area contributed by atoms with Crippen molar-refractivity contribution in [2.24, 2.45) is 0 Å². The quantitative estimate of drug-likeness (QED) is 0.731. The number of aromatic nitrogens is 2. The number of methoxy groups -OCH3 is 1. The molecule has 5 heteroatoms. The third kappa shape index (κ3) is 3.18. The molecule has 1 aromatic rings. The van der Waals surface area contributed by atoms with E-state index in [1.165, 1.54) is 13.2 Å². The van der Waals surface area contributed by atoms with Gasteiger partial charge in [-0.25, -0.2) is 4.98 Å². The SMILES string of the molecule is COc1nc(CCN(C)C)cc(=O)[nH]1. The van der Waals surface area contributed by atoms with E-state index in [9.17, 15) is 4.79 Å². The van der Waals surface area contributed by atoms with E-state index in [-0.39, 0.29) is 11.6 Å². The monoisotopic (exact) mass is 197 g/mol. The summed E-state index contributed by atoms with van der Waals surface area (Å²) in [4.78, 5) is 19.8. The fourth-order valence-corrected chi connectivity index (χ4v) is 1.05. The van der Waals surface area contributed by atoms with Crippen molar-refractivity contribution in [1.29, 1.82) is 0 Å². The predicted octanol–water partition coefficient (Wildman–Crippen LogP) is -0.117. The zero-order valence-corrected chi connectivity index (χ0v) is 8.70. The molecule has 0 saturated heterocycles. The summed E-state index contributed by atoms with van der Waals surface area (Å²) in [5.41, 5.74) is 0.574. The van der Waals surface area contributed by atoms with Crippen LogP contribution in [0.1, 0.15) is 5.69 Å². The van der Waals surface area contributed by atoms with Crippen LogP contribution in [0.25, 0.3) is 0 Å². The number of nitrogens with one attached hydrogen (secondary N) is 1. The van der Waals surface area contributed by atoms with E-state index in [1.54, 1.807) is 0 Å². The van der Waals surface area contributed by atoms with Crippen LogP contribution in [0, 0.1) is 0 Å². The highest BCUT2D eigenvalue weighted by Gasteiger charge is 2.01. The van der Waals surface area contributed by atoms with Crippen molar-refractivity contribution in [3.63, 3.8) is 0 Å². The third-order valence-electron chi connectivity index (χ3n) is 1.78. The zero-order chi connectivity index (χ0) is 10.6. The molecule has 78 valence electrons. The summed E-state index contributed by atoms with van der Waals surface area (Å²) in [6.07, 6.45) is 0.743. The molecule has 0 aliphatic rings. The summed E-state index contributed by atoms with van der Waals surface area (Å²) in [7, 11) is 5.43. The molecule has 0 amide bonds. The minimum atomic E-state index is -0.175. The van der Waals surface area contributed by atoms with Crippen LogP contribution in [0.4, 0.5) is 0 Å². The molecule has 0 bridgehead atoms. The summed E-state index contributed by atoms with van der Waals surface area (Å²) < 4.78 is 4.86. The highest BCUT2D eigenvalue weighted by Crippen LogP contribution is 1.99. The molecule has 1 heterocycles. The molecule has 0 saturated carbocycles. The smallest absolute Gasteiger partial charge is 0.296 e. The number of likely N-dealkylation sites (N-methyl/N-ethyl adjacent to an activating group) is 1. The van der Waals surface area contributed by atoms with E-state index in [0.717, 1.165) is 18.7 Å². The minimum Gasteiger partial charge on any atom is -0.468 e. The normalized spacial score (nSPS) is 10.6. The Labute approximate surface area is 82.7 Å². The first kappa shape index (κ1) is 10.7. The summed E-state index contributed by atoms with van der Waals surface area (Å²) in [5.74, 6) is 0. The Morgan fingerprint density at radius 3 is 2.86 bits per heavy atom. The van der Waals surface area contributed by atoms with Gasteiger partial charge in [0.1, 0.15) is 0 Å². The summed E-state index contributed by atoms with van der Waals surface area (Å²) in [5, 5.41) is 0. The Bertz CT molecular complexity index is 346. The first-order valence-electron chi connectivity index (χ1n) is 4.41. The number of nitrogens with zero attached hydrogens (tertiary/aromatic N) is 2. The molecule has 1 rings (SSSR count). The largest absolute Gasteiger partial charge is 0.468 e. The summed E-state index contributed by atoms with van der Waals surface area (Å²) in [6, 6.07) is 1.76. The van der Waals surface area contributed by atoms with Crippen molar-refractivity contribution >= 4 is 0 Å². The van der Waals surface area contributed by atoms with E-state index in [1.807, 2.05) is 19.0 Å². The molecule has 0 aliphatic heterocycles. The molecule has 0 aliphatic carbocycles. The third-order valence-corrected chi connectivity index (χ3v) is 1.78. The lowest BCUT2D eigenvalue weighted by Crippen LogP contribution is -2.18. The van der Waals surface area contributed by atoms with Crippen molar-refractivity contribution in [1.82, 2.24) is 14.9 Å². The van der Waals surface area contributed by atoms with Gasteiger partial charge in [0.2, 0.25) is 0 Å². The van der Waals surface area contributed by atoms with E-state index in [4.69, 9.17) is 4.74 Å². The lowest BCUT2D eigenvalue weighted by atomic mass is 10.3. The number of aromatic amines is 1. The summed E-state index contributed by atoms with van der Waals surface area (Å²) >= 11 is 0. The number of H-pyrrole nitrogens is 1. The second-order valence-electron chi connectivity index (χ2n) is 3.30. The van der Waals surface area contributed by atoms with Crippen LogP contribution in [0.15, 0.2) is 10.9 Å². The maximum atomic E-state index is 11.1. The van der Waals surface area contributed by atoms with E-state index >= 15 is 0 Å². The number of hydrogen-bond acceptors (Lipinski definition) is 4. The maximum absolute atomic E-state index is 11.1. The first-order valence-corrected chi connectivity index (χ1v) is 4.41.